The fraction of sp³-hybridized carbons (Fsp3) is 0.667. The Bertz CT molecular complexity index is 184. The van der Waals surface area contributed by atoms with Crippen molar-refractivity contribution in [2.24, 2.45) is 16.5 Å². The van der Waals surface area contributed by atoms with Crippen molar-refractivity contribution in [2.75, 3.05) is 12.8 Å². The number of hydrogen-bond donors (Lipinski definition) is 3. The van der Waals surface area contributed by atoms with Crippen molar-refractivity contribution in [2.45, 2.75) is 12.5 Å². The summed E-state index contributed by atoms with van der Waals surface area (Å²) < 4.78 is 0. The Hall–Kier alpha value is -0.750. The van der Waals surface area contributed by atoms with Crippen LogP contribution < -0.4 is 11.5 Å². The standard InChI is InChI=1S/C6H13N3O2S/c1-12-6(8)9-3-2-4(7)5(10)11/h4H,2-3,7H2,1H3,(H2,8,9)(H,10,11). The van der Waals surface area contributed by atoms with Gasteiger partial charge in [-0.25, -0.2) is 0 Å². The lowest BCUT2D eigenvalue weighted by Crippen LogP contribution is -2.30. The maximum atomic E-state index is 10.2. The smallest absolute Gasteiger partial charge is 0.320 e. The zero-order valence-electron chi connectivity index (χ0n) is 6.86. The summed E-state index contributed by atoms with van der Waals surface area (Å²) in [5, 5.41) is 8.85. The molecule has 0 bridgehead atoms. The van der Waals surface area contributed by atoms with E-state index in [4.69, 9.17) is 16.6 Å². The Morgan fingerprint density at radius 3 is 2.75 bits per heavy atom. The molecule has 0 heterocycles. The van der Waals surface area contributed by atoms with E-state index in [-0.39, 0.29) is 0 Å². The number of rotatable bonds is 4. The first kappa shape index (κ1) is 11.2. The van der Waals surface area contributed by atoms with Gasteiger partial charge in [-0.15, -0.1) is 0 Å². The summed E-state index contributed by atoms with van der Waals surface area (Å²) in [6, 6.07) is -0.844. The van der Waals surface area contributed by atoms with Gasteiger partial charge in [-0.3, -0.25) is 9.79 Å². The first-order valence-corrected chi connectivity index (χ1v) is 4.62. The molecule has 0 aliphatic heterocycles. The van der Waals surface area contributed by atoms with E-state index in [0.717, 1.165) is 0 Å². The zero-order valence-corrected chi connectivity index (χ0v) is 7.67. The lowest BCUT2D eigenvalue weighted by molar-refractivity contribution is -0.138. The van der Waals surface area contributed by atoms with Crippen LogP contribution in [0, 0.1) is 0 Å². The number of hydrogen-bond acceptors (Lipinski definition) is 4. The molecule has 1 unspecified atom stereocenters. The summed E-state index contributed by atoms with van der Waals surface area (Å²) in [6.45, 7) is 0.361. The summed E-state index contributed by atoms with van der Waals surface area (Å²) >= 11 is 1.32. The molecule has 12 heavy (non-hydrogen) atoms. The van der Waals surface area contributed by atoms with Crippen LogP contribution in [-0.4, -0.2) is 35.1 Å². The van der Waals surface area contributed by atoms with Crippen molar-refractivity contribution in [3.8, 4) is 0 Å². The number of nitrogens with zero attached hydrogens (tertiary/aromatic N) is 1. The highest BCUT2D eigenvalue weighted by Gasteiger charge is 2.09. The summed E-state index contributed by atoms with van der Waals surface area (Å²) in [7, 11) is 0. The molecule has 5 nitrogen and oxygen atoms in total. The second-order valence-corrected chi connectivity index (χ2v) is 2.98. The molecule has 0 saturated heterocycles. The SMILES string of the molecule is CSC(N)=NCCC(N)C(=O)O. The van der Waals surface area contributed by atoms with Gasteiger partial charge >= 0.3 is 5.97 Å². The predicted molar refractivity (Wildman–Crippen MR) is 50.2 cm³/mol. The molecule has 5 N–H and O–H groups in total. The second-order valence-electron chi connectivity index (χ2n) is 2.16. The monoisotopic (exact) mass is 191 g/mol. The van der Waals surface area contributed by atoms with Crippen LogP contribution in [0.1, 0.15) is 6.42 Å². The summed E-state index contributed by atoms with van der Waals surface area (Å²) in [5.74, 6) is -1.01. The molecular weight excluding hydrogens is 178 g/mol. The van der Waals surface area contributed by atoms with E-state index in [1.165, 1.54) is 11.8 Å². The predicted octanol–water partition coefficient (Wildman–Crippen LogP) is -0.534. The number of carboxylic acid groups (broad SMARTS) is 1. The number of carboxylic acids is 1. The molecule has 0 amide bonds. The molecule has 1 atom stereocenters. The molecule has 0 rings (SSSR count). The third-order valence-electron chi connectivity index (χ3n) is 1.23. The van der Waals surface area contributed by atoms with Crippen LogP contribution in [0.15, 0.2) is 4.99 Å². The lowest BCUT2D eigenvalue weighted by atomic mass is 10.2. The van der Waals surface area contributed by atoms with Gasteiger partial charge in [-0.2, -0.15) is 0 Å². The van der Waals surface area contributed by atoms with Crippen molar-refractivity contribution < 1.29 is 9.90 Å². The van der Waals surface area contributed by atoms with Gasteiger partial charge in [0.05, 0.1) is 0 Å². The Labute approximate surface area is 75.2 Å². The van der Waals surface area contributed by atoms with Crippen molar-refractivity contribution in [3.63, 3.8) is 0 Å². The van der Waals surface area contributed by atoms with Gasteiger partial charge in [0.1, 0.15) is 6.04 Å². The van der Waals surface area contributed by atoms with Crippen molar-refractivity contribution >= 4 is 22.9 Å². The molecule has 0 fully saturated rings. The minimum Gasteiger partial charge on any atom is -0.480 e. The average molecular weight is 191 g/mol. The molecule has 0 aromatic heterocycles. The molecule has 0 aromatic carbocycles. The van der Waals surface area contributed by atoms with Gasteiger partial charge < -0.3 is 16.6 Å². The van der Waals surface area contributed by atoms with Crippen molar-refractivity contribution in [1.82, 2.24) is 0 Å². The number of aliphatic carboxylic acids is 1. The molecule has 0 radical (unpaired) electrons. The van der Waals surface area contributed by atoms with Crippen LogP contribution in [-0.2, 0) is 4.79 Å². The fourth-order valence-corrected chi connectivity index (χ4v) is 0.722. The summed E-state index contributed by atoms with van der Waals surface area (Å²) in [5.41, 5.74) is 10.6. The molecular formula is C6H13N3O2S. The van der Waals surface area contributed by atoms with Gasteiger partial charge in [0.25, 0.3) is 0 Å². The number of aliphatic imine (C=N–C) groups is 1. The van der Waals surface area contributed by atoms with Crippen LogP contribution in [0.5, 0.6) is 0 Å². The van der Waals surface area contributed by atoms with Gasteiger partial charge in [0.15, 0.2) is 5.17 Å². The Balaban J connectivity index is 3.62. The lowest BCUT2D eigenvalue weighted by Gasteiger charge is -2.02. The third kappa shape index (κ3) is 4.97. The minimum atomic E-state index is -1.01. The first-order valence-electron chi connectivity index (χ1n) is 3.40. The zero-order chi connectivity index (χ0) is 9.56. The maximum absolute atomic E-state index is 10.2. The molecule has 0 aliphatic carbocycles. The Morgan fingerprint density at radius 1 is 1.75 bits per heavy atom. The van der Waals surface area contributed by atoms with E-state index in [1.807, 2.05) is 0 Å². The maximum Gasteiger partial charge on any atom is 0.320 e. The van der Waals surface area contributed by atoms with E-state index < -0.39 is 12.0 Å². The quantitative estimate of drug-likeness (QED) is 0.409. The fourth-order valence-electron chi connectivity index (χ4n) is 0.502. The second kappa shape index (κ2) is 5.84. The minimum absolute atomic E-state index is 0.316. The van der Waals surface area contributed by atoms with E-state index >= 15 is 0 Å². The largest absolute Gasteiger partial charge is 0.480 e. The number of carbonyl (C=O) groups is 1. The van der Waals surface area contributed by atoms with Gasteiger partial charge in [0.2, 0.25) is 0 Å². The number of nitrogens with two attached hydrogens (primary N) is 2. The van der Waals surface area contributed by atoms with Crippen LogP contribution in [0.4, 0.5) is 0 Å². The molecule has 0 spiro atoms. The van der Waals surface area contributed by atoms with Crippen LogP contribution >= 0.6 is 11.8 Å². The van der Waals surface area contributed by atoms with E-state index in [2.05, 4.69) is 4.99 Å². The van der Waals surface area contributed by atoms with Crippen molar-refractivity contribution in [1.29, 1.82) is 0 Å². The summed E-state index contributed by atoms with van der Waals surface area (Å²) in [6.07, 6.45) is 2.12. The Kier molecular flexibility index (Phi) is 5.48. The van der Waals surface area contributed by atoms with Crippen LogP contribution in [0.3, 0.4) is 0 Å². The van der Waals surface area contributed by atoms with Gasteiger partial charge in [0, 0.05) is 6.54 Å². The van der Waals surface area contributed by atoms with Crippen LogP contribution in [0.25, 0.3) is 0 Å². The Morgan fingerprint density at radius 2 is 2.33 bits per heavy atom. The number of amidine groups is 1. The highest BCUT2D eigenvalue weighted by Crippen LogP contribution is 1.94. The highest BCUT2D eigenvalue weighted by molar-refractivity contribution is 8.13. The molecule has 0 aromatic rings. The molecule has 0 saturated carbocycles. The molecule has 70 valence electrons. The summed E-state index contributed by atoms with van der Waals surface area (Å²) in [4.78, 5) is 14.1. The van der Waals surface area contributed by atoms with Crippen molar-refractivity contribution in [3.05, 3.63) is 0 Å². The number of thioether (sulfide) groups is 1. The van der Waals surface area contributed by atoms with E-state index in [9.17, 15) is 4.79 Å². The molecule has 6 heteroatoms. The highest BCUT2D eigenvalue weighted by atomic mass is 32.2. The third-order valence-corrected chi connectivity index (χ3v) is 1.78. The molecule has 0 aliphatic rings. The van der Waals surface area contributed by atoms with Gasteiger partial charge in [-0.1, -0.05) is 11.8 Å². The topological polar surface area (TPSA) is 102 Å². The normalized spacial score (nSPS) is 14.3. The van der Waals surface area contributed by atoms with Crippen LogP contribution in [0.2, 0.25) is 0 Å². The van der Waals surface area contributed by atoms with E-state index in [0.29, 0.717) is 18.1 Å². The van der Waals surface area contributed by atoms with Gasteiger partial charge in [-0.05, 0) is 12.7 Å². The average Bonchev–Trinajstić information content (AvgIpc) is 2.03. The first-order chi connectivity index (χ1) is 5.57. The van der Waals surface area contributed by atoms with E-state index in [1.54, 1.807) is 6.26 Å².